The fourth-order valence-electron chi connectivity index (χ4n) is 1.08. The Kier molecular flexibility index (Phi) is 4.52. The molecule has 0 radical (unpaired) electrons. The van der Waals surface area contributed by atoms with Crippen molar-refractivity contribution in [3.63, 3.8) is 0 Å². The number of hydrogen-bond donors (Lipinski definition) is 3. The number of halogens is 1. The lowest BCUT2D eigenvalue weighted by molar-refractivity contribution is 0.170. The van der Waals surface area contributed by atoms with Crippen LogP contribution in [-0.4, -0.2) is 29.5 Å². The first kappa shape index (κ1) is 11.1. The van der Waals surface area contributed by atoms with E-state index >= 15 is 0 Å². The summed E-state index contributed by atoms with van der Waals surface area (Å²) in [6.07, 6.45) is 0. The van der Waals surface area contributed by atoms with Crippen LogP contribution >= 0.6 is 0 Å². The highest BCUT2D eigenvalue weighted by Crippen LogP contribution is 2.05. The highest BCUT2D eigenvalue weighted by molar-refractivity contribution is 5.16. The van der Waals surface area contributed by atoms with Gasteiger partial charge in [-0.3, -0.25) is 0 Å². The zero-order chi connectivity index (χ0) is 10.4. The Morgan fingerprint density at radius 3 is 2.43 bits per heavy atom. The number of nitrogens with one attached hydrogen (secondary N) is 1. The first-order chi connectivity index (χ1) is 6.77. The minimum atomic E-state index is -0.394. The molecule has 0 fully saturated rings. The van der Waals surface area contributed by atoms with Gasteiger partial charge in [-0.05, 0) is 6.07 Å². The van der Waals surface area contributed by atoms with Gasteiger partial charge in [-0.25, -0.2) is 4.39 Å². The van der Waals surface area contributed by atoms with Gasteiger partial charge in [0.25, 0.3) is 0 Å². The Morgan fingerprint density at radius 1 is 1.21 bits per heavy atom. The van der Waals surface area contributed by atoms with Gasteiger partial charge < -0.3 is 15.5 Å². The normalized spacial score (nSPS) is 10.9. The summed E-state index contributed by atoms with van der Waals surface area (Å²) in [6.45, 7) is -0.0195. The smallest absolute Gasteiger partial charge is 0.127 e. The zero-order valence-electron chi connectivity index (χ0n) is 7.78. The molecule has 0 amide bonds. The van der Waals surface area contributed by atoms with Gasteiger partial charge in [0.1, 0.15) is 5.82 Å². The summed E-state index contributed by atoms with van der Waals surface area (Å²) in [5.74, 6) is -0.283. The van der Waals surface area contributed by atoms with E-state index in [1.807, 2.05) is 0 Å². The molecule has 4 heteroatoms. The maximum Gasteiger partial charge on any atom is 0.127 e. The average Bonchev–Trinajstić information content (AvgIpc) is 2.22. The van der Waals surface area contributed by atoms with Crippen molar-refractivity contribution in [1.29, 1.82) is 0 Å². The van der Waals surface area contributed by atoms with Crippen molar-refractivity contribution in [2.75, 3.05) is 13.2 Å². The van der Waals surface area contributed by atoms with Crippen LogP contribution in [-0.2, 0) is 6.54 Å². The molecule has 1 aromatic carbocycles. The van der Waals surface area contributed by atoms with Gasteiger partial charge in [0, 0.05) is 12.1 Å². The molecule has 78 valence electrons. The molecule has 0 heterocycles. The highest BCUT2D eigenvalue weighted by atomic mass is 19.1. The number of benzene rings is 1. The van der Waals surface area contributed by atoms with Crippen molar-refractivity contribution in [2.45, 2.75) is 12.6 Å². The maximum absolute atomic E-state index is 13.1. The van der Waals surface area contributed by atoms with Crippen molar-refractivity contribution < 1.29 is 14.6 Å². The van der Waals surface area contributed by atoms with Gasteiger partial charge in [0.05, 0.1) is 19.3 Å². The summed E-state index contributed by atoms with van der Waals surface area (Å²) in [7, 11) is 0. The van der Waals surface area contributed by atoms with E-state index in [0.29, 0.717) is 12.1 Å². The van der Waals surface area contributed by atoms with Crippen LogP contribution in [0.25, 0.3) is 0 Å². The van der Waals surface area contributed by atoms with Crippen LogP contribution in [0.15, 0.2) is 24.3 Å². The molecule has 3 N–H and O–H groups in total. The van der Waals surface area contributed by atoms with Gasteiger partial charge in [-0.15, -0.1) is 0 Å². The summed E-state index contributed by atoms with van der Waals surface area (Å²) >= 11 is 0. The molecule has 0 saturated carbocycles. The predicted molar refractivity (Wildman–Crippen MR) is 51.2 cm³/mol. The Labute approximate surface area is 82.2 Å². The van der Waals surface area contributed by atoms with E-state index in [1.54, 1.807) is 18.2 Å². The molecule has 1 rings (SSSR count). The van der Waals surface area contributed by atoms with E-state index in [2.05, 4.69) is 5.32 Å². The van der Waals surface area contributed by atoms with E-state index < -0.39 is 6.04 Å². The van der Waals surface area contributed by atoms with Gasteiger partial charge in [0.15, 0.2) is 0 Å². The third-order valence-corrected chi connectivity index (χ3v) is 1.98. The molecule has 0 aliphatic heterocycles. The minimum Gasteiger partial charge on any atom is -0.395 e. The first-order valence-corrected chi connectivity index (χ1v) is 4.46. The topological polar surface area (TPSA) is 52.5 Å². The first-order valence-electron chi connectivity index (χ1n) is 4.46. The van der Waals surface area contributed by atoms with Crippen LogP contribution in [0.1, 0.15) is 5.56 Å². The van der Waals surface area contributed by atoms with Crippen molar-refractivity contribution in [2.24, 2.45) is 0 Å². The Hall–Kier alpha value is -0.970. The molecule has 0 atom stereocenters. The predicted octanol–water partition coefficient (Wildman–Crippen LogP) is 0.268. The standard InChI is InChI=1S/C10H14FNO2/c11-10-4-2-1-3-8(10)5-12-9(6-13)7-14/h1-4,9,12-14H,5-7H2. The minimum absolute atomic E-state index is 0.162. The van der Waals surface area contributed by atoms with Gasteiger partial charge in [0.2, 0.25) is 0 Å². The van der Waals surface area contributed by atoms with E-state index in [0.717, 1.165) is 0 Å². The molecule has 0 unspecified atom stereocenters. The molecule has 0 aromatic heterocycles. The Morgan fingerprint density at radius 2 is 1.86 bits per heavy atom. The molecule has 0 spiro atoms. The van der Waals surface area contributed by atoms with Crippen LogP contribution < -0.4 is 5.32 Å². The summed E-state index contributed by atoms with van der Waals surface area (Å²) in [5, 5.41) is 20.4. The summed E-state index contributed by atoms with van der Waals surface area (Å²) in [5.41, 5.74) is 0.527. The van der Waals surface area contributed by atoms with Crippen LogP contribution in [0.3, 0.4) is 0 Å². The molecular formula is C10H14FNO2. The van der Waals surface area contributed by atoms with Crippen molar-refractivity contribution in [1.82, 2.24) is 5.32 Å². The van der Waals surface area contributed by atoms with Crippen molar-refractivity contribution >= 4 is 0 Å². The van der Waals surface area contributed by atoms with Crippen LogP contribution in [0.4, 0.5) is 4.39 Å². The second-order valence-electron chi connectivity index (χ2n) is 3.03. The second-order valence-corrected chi connectivity index (χ2v) is 3.03. The number of aliphatic hydroxyl groups excluding tert-OH is 2. The zero-order valence-corrected chi connectivity index (χ0v) is 7.78. The molecule has 3 nitrogen and oxygen atoms in total. The quantitative estimate of drug-likeness (QED) is 0.638. The number of rotatable bonds is 5. The monoisotopic (exact) mass is 199 g/mol. The van der Waals surface area contributed by atoms with Crippen molar-refractivity contribution in [3.8, 4) is 0 Å². The molecule has 0 aliphatic rings. The molecule has 0 saturated heterocycles. The third kappa shape index (κ3) is 3.06. The van der Waals surface area contributed by atoms with Crippen LogP contribution in [0.5, 0.6) is 0 Å². The fourth-order valence-corrected chi connectivity index (χ4v) is 1.08. The summed E-state index contributed by atoms with van der Waals surface area (Å²) in [6, 6.07) is 6.01. The van der Waals surface area contributed by atoms with Crippen LogP contribution in [0.2, 0.25) is 0 Å². The summed E-state index contributed by atoms with van der Waals surface area (Å²) in [4.78, 5) is 0. The van der Waals surface area contributed by atoms with Gasteiger partial charge >= 0.3 is 0 Å². The van der Waals surface area contributed by atoms with E-state index in [-0.39, 0.29) is 19.0 Å². The SMILES string of the molecule is OCC(CO)NCc1ccccc1F. The molecule has 0 aliphatic carbocycles. The molecule has 1 aromatic rings. The fraction of sp³-hybridized carbons (Fsp3) is 0.400. The lowest BCUT2D eigenvalue weighted by atomic mass is 10.2. The Bertz CT molecular complexity index is 277. The van der Waals surface area contributed by atoms with Crippen molar-refractivity contribution in [3.05, 3.63) is 35.6 Å². The summed E-state index contributed by atoms with van der Waals surface area (Å²) < 4.78 is 13.1. The van der Waals surface area contributed by atoms with Gasteiger partial charge in [-0.2, -0.15) is 0 Å². The molecular weight excluding hydrogens is 185 g/mol. The van der Waals surface area contributed by atoms with Gasteiger partial charge in [-0.1, -0.05) is 18.2 Å². The van der Waals surface area contributed by atoms with E-state index in [4.69, 9.17) is 10.2 Å². The second kappa shape index (κ2) is 5.70. The van der Waals surface area contributed by atoms with Crippen LogP contribution in [0, 0.1) is 5.82 Å². The molecule has 14 heavy (non-hydrogen) atoms. The van der Waals surface area contributed by atoms with E-state index in [9.17, 15) is 4.39 Å². The van der Waals surface area contributed by atoms with E-state index in [1.165, 1.54) is 6.07 Å². The highest BCUT2D eigenvalue weighted by Gasteiger charge is 2.06. The maximum atomic E-state index is 13.1. The lowest BCUT2D eigenvalue weighted by Gasteiger charge is -2.13. The number of hydrogen-bond acceptors (Lipinski definition) is 3. The molecule has 0 bridgehead atoms. The largest absolute Gasteiger partial charge is 0.395 e. The number of aliphatic hydroxyl groups is 2. The Balaban J connectivity index is 2.49. The lowest BCUT2D eigenvalue weighted by Crippen LogP contribution is -2.35. The average molecular weight is 199 g/mol. The third-order valence-electron chi connectivity index (χ3n) is 1.98.